The molecule has 9 nitrogen and oxygen atoms in total. The number of halogens is 3. The fourth-order valence-electron chi connectivity index (χ4n) is 2.69. The minimum atomic E-state index is -4.71. The molecule has 1 heterocycles. The van der Waals surface area contributed by atoms with E-state index in [0.29, 0.717) is 0 Å². The van der Waals surface area contributed by atoms with Gasteiger partial charge in [-0.3, -0.25) is 9.59 Å². The van der Waals surface area contributed by atoms with E-state index in [1.807, 2.05) is 0 Å². The predicted octanol–water partition coefficient (Wildman–Crippen LogP) is 3.05. The number of amides is 2. The molecule has 0 aliphatic carbocycles. The first-order valence-electron chi connectivity index (χ1n) is 9.45. The Morgan fingerprint density at radius 1 is 1.19 bits per heavy atom. The number of hydrogen-bond donors (Lipinski definition) is 3. The molecule has 0 aliphatic rings. The highest BCUT2D eigenvalue weighted by atomic mass is 19.4. The molecule has 1 unspecified atom stereocenters. The predicted molar refractivity (Wildman–Crippen MR) is 106 cm³/mol. The van der Waals surface area contributed by atoms with Gasteiger partial charge in [-0.05, 0) is 50.6 Å². The van der Waals surface area contributed by atoms with Crippen molar-refractivity contribution >= 4 is 18.0 Å². The fraction of sp³-hybridized carbons (Fsp3) is 0.400. The van der Waals surface area contributed by atoms with Gasteiger partial charge in [-0.25, -0.2) is 9.48 Å². The SMILES string of the molecule is CC(C)(C)OC(=O)NCC(=O)NC(CC(=O)O)c1cc(-n2cccn2)cc(C(F)(F)F)c1. The smallest absolute Gasteiger partial charge is 0.416 e. The first kappa shape index (κ1) is 24.7. The van der Waals surface area contributed by atoms with E-state index in [1.54, 1.807) is 20.8 Å². The Balaban J connectivity index is 2.28. The summed E-state index contributed by atoms with van der Waals surface area (Å²) in [6, 6.07) is 3.15. The summed E-state index contributed by atoms with van der Waals surface area (Å²) in [5, 5.41) is 17.7. The van der Waals surface area contributed by atoms with Gasteiger partial charge in [0.05, 0.1) is 23.7 Å². The van der Waals surface area contributed by atoms with E-state index in [9.17, 15) is 32.7 Å². The highest BCUT2D eigenvalue weighted by Crippen LogP contribution is 2.33. The number of benzene rings is 1. The molecule has 32 heavy (non-hydrogen) atoms. The van der Waals surface area contributed by atoms with Crippen molar-refractivity contribution < 1.29 is 37.4 Å². The average molecular weight is 456 g/mol. The van der Waals surface area contributed by atoms with E-state index < -0.39 is 54.3 Å². The Labute approximate surface area is 181 Å². The van der Waals surface area contributed by atoms with Crippen LogP contribution in [-0.2, 0) is 20.5 Å². The molecule has 1 atom stereocenters. The van der Waals surface area contributed by atoms with Crippen LogP contribution in [0.1, 0.15) is 44.4 Å². The number of carbonyl (C=O) groups is 3. The van der Waals surface area contributed by atoms with E-state index in [0.717, 1.165) is 12.1 Å². The zero-order valence-corrected chi connectivity index (χ0v) is 17.6. The number of aliphatic carboxylic acids is 1. The van der Waals surface area contributed by atoms with Crippen LogP contribution >= 0.6 is 0 Å². The molecule has 0 spiro atoms. The van der Waals surface area contributed by atoms with Crippen LogP contribution in [-0.4, -0.2) is 45.0 Å². The molecule has 2 amide bonds. The van der Waals surface area contributed by atoms with Crippen LogP contribution in [0.5, 0.6) is 0 Å². The van der Waals surface area contributed by atoms with Gasteiger partial charge in [-0.15, -0.1) is 0 Å². The van der Waals surface area contributed by atoms with Gasteiger partial charge in [0.25, 0.3) is 0 Å². The van der Waals surface area contributed by atoms with Crippen LogP contribution in [0, 0.1) is 0 Å². The van der Waals surface area contributed by atoms with Crippen LogP contribution in [0.3, 0.4) is 0 Å². The third-order valence-electron chi connectivity index (χ3n) is 3.94. The molecule has 0 aliphatic heterocycles. The largest absolute Gasteiger partial charge is 0.481 e. The summed E-state index contributed by atoms with van der Waals surface area (Å²) in [6.07, 6.45) is -3.47. The van der Waals surface area contributed by atoms with Gasteiger partial charge in [0.2, 0.25) is 5.91 Å². The van der Waals surface area contributed by atoms with Crippen LogP contribution in [0.25, 0.3) is 5.69 Å². The molecule has 3 N–H and O–H groups in total. The second-order valence-corrected chi connectivity index (χ2v) is 7.84. The summed E-state index contributed by atoms with van der Waals surface area (Å²) in [5.74, 6) is -2.14. The molecule has 0 fully saturated rings. The number of alkyl halides is 3. The number of carboxylic acids is 1. The number of hydrogen-bond acceptors (Lipinski definition) is 5. The number of aromatic nitrogens is 2. The lowest BCUT2D eigenvalue weighted by Gasteiger charge is -2.21. The third kappa shape index (κ3) is 7.60. The first-order valence-corrected chi connectivity index (χ1v) is 9.45. The summed E-state index contributed by atoms with van der Waals surface area (Å²) in [4.78, 5) is 35.2. The summed E-state index contributed by atoms with van der Waals surface area (Å²) in [5.41, 5.74) is -1.88. The van der Waals surface area contributed by atoms with Gasteiger partial charge in [0.15, 0.2) is 0 Å². The lowest BCUT2D eigenvalue weighted by molar-refractivity contribution is -0.138. The topological polar surface area (TPSA) is 123 Å². The second-order valence-electron chi connectivity index (χ2n) is 7.84. The molecule has 2 rings (SSSR count). The Bertz CT molecular complexity index is 969. The summed E-state index contributed by atoms with van der Waals surface area (Å²) < 4.78 is 46.5. The highest BCUT2D eigenvalue weighted by molar-refractivity contribution is 5.83. The van der Waals surface area contributed by atoms with E-state index >= 15 is 0 Å². The summed E-state index contributed by atoms with van der Waals surface area (Å²) in [7, 11) is 0. The average Bonchev–Trinajstić information content (AvgIpc) is 3.18. The molecule has 12 heteroatoms. The number of nitrogens with zero attached hydrogens (tertiary/aromatic N) is 2. The Kier molecular flexibility index (Phi) is 7.49. The highest BCUT2D eigenvalue weighted by Gasteiger charge is 2.32. The number of nitrogens with one attached hydrogen (secondary N) is 2. The molecular formula is C20H23F3N4O5. The number of carboxylic acid groups (broad SMARTS) is 1. The van der Waals surface area contributed by atoms with Crippen molar-refractivity contribution in [3.8, 4) is 5.69 Å². The van der Waals surface area contributed by atoms with Gasteiger partial charge in [-0.1, -0.05) is 0 Å². The van der Waals surface area contributed by atoms with E-state index in [-0.39, 0.29) is 11.3 Å². The Morgan fingerprint density at radius 3 is 2.41 bits per heavy atom. The van der Waals surface area contributed by atoms with Crippen molar-refractivity contribution in [3.05, 3.63) is 47.8 Å². The standard InChI is InChI=1S/C20H23F3N4O5/c1-19(2,3)32-18(31)24-11-16(28)26-15(10-17(29)30)12-7-13(20(21,22)23)9-14(8-12)27-6-4-5-25-27/h4-9,15H,10-11H2,1-3H3,(H,24,31)(H,26,28)(H,29,30). The van der Waals surface area contributed by atoms with Gasteiger partial charge in [0.1, 0.15) is 12.1 Å². The van der Waals surface area contributed by atoms with Gasteiger partial charge in [-0.2, -0.15) is 18.3 Å². The van der Waals surface area contributed by atoms with Gasteiger partial charge in [0, 0.05) is 12.4 Å². The summed E-state index contributed by atoms with van der Waals surface area (Å²) in [6.45, 7) is 4.32. The monoisotopic (exact) mass is 456 g/mol. The van der Waals surface area contributed by atoms with E-state index in [1.165, 1.54) is 29.2 Å². The molecule has 0 saturated carbocycles. The number of rotatable bonds is 7. The minimum Gasteiger partial charge on any atom is -0.481 e. The maximum absolute atomic E-state index is 13.4. The Morgan fingerprint density at radius 2 is 1.88 bits per heavy atom. The minimum absolute atomic E-state index is 0.0383. The van der Waals surface area contributed by atoms with E-state index in [4.69, 9.17) is 4.74 Å². The van der Waals surface area contributed by atoms with Crippen molar-refractivity contribution in [1.82, 2.24) is 20.4 Å². The zero-order valence-electron chi connectivity index (χ0n) is 17.6. The molecule has 0 radical (unpaired) electrons. The maximum Gasteiger partial charge on any atom is 0.416 e. The van der Waals surface area contributed by atoms with E-state index in [2.05, 4.69) is 15.7 Å². The lowest BCUT2D eigenvalue weighted by atomic mass is 9.99. The molecule has 0 saturated heterocycles. The van der Waals surface area contributed by atoms with Crippen molar-refractivity contribution in [1.29, 1.82) is 0 Å². The number of ether oxygens (including phenoxy) is 1. The lowest BCUT2D eigenvalue weighted by Crippen LogP contribution is -2.41. The van der Waals surface area contributed by atoms with Crippen molar-refractivity contribution in [2.75, 3.05) is 6.54 Å². The molecular weight excluding hydrogens is 433 g/mol. The molecule has 0 bridgehead atoms. The third-order valence-corrected chi connectivity index (χ3v) is 3.94. The van der Waals surface area contributed by atoms with Crippen molar-refractivity contribution in [2.45, 2.75) is 45.0 Å². The first-order chi connectivity index (χ1) is 14.7. The molecule has 1 aromatic heterocycles. The Hall–Kier alpha value is -3.57. The van der Waals surface area contributed by atoms with Crippen molar-refractivity contribution in [3.63, 3.8) is 0 Å². The van der Waals surface area contributed by atoms with Crippen molar-refractivity contribution in [2.24, 2.45) is 0 Å². The summed E-state index contributed by atoms with van der Waals surface area (Å²) >= 11 is 0. The van der Waals surface area contributed by atoms with Gasteiger partial charge < -0.3 is 20.5 Å². The molecule has 1 aromatic carbocycles. The second kappa shape index (κ2) is 9.71. The fourth-order valence-corrected chi connectivity index (χ4v) is 2.69. The zero-order chi connectivity index (χ0) is 24.1. The normalized spacial score (nSPS) is 12.7. The molecule has 2 aromatic rings. The van der Waals surface area contributed by atoms with Crippen LogP contribution in [0.15, 0.2) is 36.7 Å². The molecule has 174 valence electrons. The maximum atomic E-state index is 13.4. The number of carbonyl (C=O) groups excluding carboxylic acids is 2. The number of alkyl carbamates (subject to hydrolysis) is 1. The van der Waals surface area contributed by atoms with Gasteiger partial charge >= 0.3 is 18.2 Å². The van der Waals surface area contributed by atoms with Crippen LogP contribution in [0.2, 0.25) is 0 Å². The van der Waals surface area contributed by atoms with Crippen LogP contribution < -0.4 is 10.6 Å². The quantitative estimate of drug-likeness (QED) is 0.589. The van der Waals surface area contributed by atoms with Crippen LogP contribution in [0.4, 0.5) is 18.0 Å².